The number of hydrogen-bond acceptors (Lipinski definition) is 6. The molecule has 0 bridgehead atoms. The molecule has 1 fully saturated rings. The number of amides is 4. The zero-order valence-corrected chi connectivity index (χ0v) is 17.0. The van der Waals surface area contributed by atoms with Crippen molar-refractivity contribution in [2.45, 2.75) is 6.42 Å². The van der Waals surface area contributed by atoms with Gasteiger partial charge in [0.15, 0.2) is 11.5 Å². The van der Waals surface area contributed by atoms with Gasteiger partial charge in [0.05, 0.1) is 7.11 Å². The van der Waals surface area contributed by atoms with Crippen LogP contribution >= 0.6 is 0 Å². The molecule has 3 rings (SSSR count). The van der Waals surface area contributed by atoms with Gasteiger partial charge >= 0.3 is 6.03 Å². The Morgan fingerprint density at radius 3 is 2.26 bits per heavy atom. The highest BCUT2D eigenvalue weighted by molar-refractivity contribution is 6.31. The van der Waals surface area contributed by atoms with Gasteiger partial charge in [0.25, 0.3) is 11.8 Å². The molecule has 0 unspecified atom stereocenters. The van der Waals surface area contributed by atoms with Crippen LogP contribution < -0.4 is 24.8 Å². The summed E-state index contributed by atoms with van der Waals surface area (Å²) >= 11 is 0. The van der Waals surface area contributed by atoms with Crippen LogP contribution in [0.25, 0.3) is 6.08 Å². The second kappa shape index (κ2) is 10.1. The van der Waals surface area contributed by atoms with Gasteiger partial charge in [0.2, 0.25) is 0 Å². The number of ether oxygens (including phenoxy) is 3. The Morgan fingerprint density at radius 1 is 0.903 bits per heavy atom. The van der Waals surface area contributed by atoms with Crippen molar-refractivity contribution in [1.82, 2.24) is 10.6 Å². The molecule has 0 aromatic heterocycles. The van der Waals surface area contributed by atoms with Gasteiger partial charge in [0.1, 0.15) is 24.5 Å². The van der Waals surface area contributed by atoms with Gasteiger partial charge in [-0.25, -0.2) is 4.79 Å². The number of methoxy groups -OCH3 is 1. The third-order valence-electron chi connectivity index (χ3n) is 4.38. The van der Waals surface area contributed by atoms with Crippen LogP contribution in [0.2, 0.25) is 0 Å². The summed E-state index contributed by atoms with van der Waals surface area (Å²) < 4.78 is 16.9. The number of para-hydroxylation sites is 1. The van der Waals surface area contributed by atoms with E-state index in [1.165, 1.54) is 13.2 Å². The molecule has 0 spiro atoms. The number of carbonyl (C=O) groups is 3. The number of carbonyl (C=O) groups excluding carboxylic acids is 3. The molecular formula is C23H22N2O6. The highest BCUT2D eigenvalue weighted by atomic mass is 16.5. The van der Waals surface area contributed by atoms with Gasteiger partial charge in [-0.3, -0.25) is 20.2 Å². The van der Waals surface area contributed by atoms with Crippen molar-refractivity contribution in [2.24, 2.45) is 0 Å². The molecule has 0 saturated carbocycles. The smallest absolute Gasteiger partial charge is 0.328 e. The first-order valence-electron chi connectivity index (χ1n) is 9.52. The fourth-order valence-corrected chi connectivity index (χ4v) is 2.94. The number of rotatable bonds is 9. The van der Waals surface area contributed by atoms with Crippen LogP contribution in [0.3, 0.4) is 0 Å². The average molecular weight is 422 g/mol. The maximum Gasteiger partial charge on any atom is 0.328 e. The number of hydrogen-bond donors (Lipinski definition) is 2. The van der Waals surface area contributed by atoms with E-state index in [1.54, 1.807) is 18.2 Å². The maximum absolute atomic E-state index is 11.9. The monoisotopic (exact) mass is 422 g/mol. The minimum atomic E-state index is -0.845. The summed E-state index contributed by atoms with van der Waals surface area (Å²) in [5, 5.41) is 4.05. The lowest BCUT2D eigenvalue weighted by molar-refractivity contribution is -0.123. The number of allylic oxidation sites excluding steroid dienone is 1. The predicted molar refractivity (Wildman–Crippen MR) is 114 cm³/mol. The third-order valence-corrected chi connectivity index (χ3v) is 4.38. The second-order valence-electron chi connectivity index (χ2n) is 6.50. The van der Waals surface area contributed by atoms with Crippen LogP contribution in [0.15, 0.2) is 60.7 Å². The standard InChI is InChI=1S/C23H22N2O6/c1-3-6-16-7-4-5-8-18(16)30-11-12-31-19-10-9-15(14-20(19)29-2)13-17-21(26)24-23(28)25-22(17)27/h3-5,7-10,13-14H,1,6,11-12H2,2H3,(H2,24,25,26,27,28). The molecule has 2 N–H and O–H groups in total. The molecule has 8 heteroatoms. The third kappa shape index (κ3) is 5.51. The van der Waals surface area contributed by atoms with Crippen LogP contribution in [-0.4, -0.2) is 38.2 Å². The summed E-state index contributed by atoms with van der Waals surface area (Å²) in [4.78, 5) is 34.9. The van der Waals surface area contributed by atoms with Gasteiger partial charge in [-0.1, -0.05) is 30.3 Å². The van der Waals surface area contributed by atoms with Crippen molar-refractivity contribution in [3.63, 3.8) is 0 Å². The molecule has 0 atom stereocenters. The van der Waals surface area contributed by atoms with Gasteiger partial charge in [0, 0.05) is 0 Å². The Morgan fingerprint density at radius 2 is 1.58 bits per heavy atom. The fraction of sp³-hybridized carbons (Fsp3) is 0.174. The maximum atomic E-state index is 11.9. The minimum Gasteiger partial charge on any atom is -0.493 e. The van der Waals surface area contributed by atoms with Crippen molar-refractivity contribution in [1.29, 1.82) is 0 Å². The second-order valence-corrected chi connectivity index (χ2v) is 6.50. The summed E-state index contributed by atoms with van der Waals surface area (Å²) in [6, 6.07) is 11.8. The van der Waals surface area contributed by atoms with E-state index in [0.717, 1.165) is 11.3 Å². The van der Waals surface area contributed by atoms with Crippen LogP contribution in [0, 0.1) is 0 Å². The zero-order valence-electron chi connectivity index (χ0n) is 17.0. The fourth-order valence-electron chi connectivity index (χ4n) is 2.94. The van der Waals surface area contributed by atoms with E-state index < -0.39 is 17.8 Å². The number of urea groups is 1. The van der Waals surface area contributed by atoms with Gasteiger partial charge in [-0.05, 0) is 41.8 Å². The van der Waals surface area contributed by atoms with E-state index in [1.807, 2.05) is 41.0 Å². The molecular weight excluding hydrogens is 400 g/mol. The molecule has 160 valence electrons. The topological polar surface area (TPSA) is 103 Å². The van der Waals surface area contributed by atoms with Crippen molar-refractivity contribution in [3.8, 4) is 17.2 Å². The summed E-state index contributed by atoms with van der Waals surface area (Å²) in [6.45, 7) is 4.37. The normalized spacial score (nSPS) is 13.2. The van der Waals surface area contributed by atoms with Crippen molar-refractivity contribution < 1.29 is 28.6 Å². The number of imide groups is 2. The van der Waals surface area contributed by atoms with Crippen LogP contribution in [0.1, 0.15) is 11.1 Å². The van der Waals surface area contributed by atoms with Gasteiger partial charge in [-0.2, -0.15) is 0 Å². The first kappa shape index (κ1) is 21.6. The lowest BCUT2D eigenvalue weighted by Crippen LogP contribution is -2.51. The van der Waals surface area contributed by atoms with E-state index in [9.17, 15) is 14.4 Å². The summed E-state index contributed by atoms with van der Waals surface area (Å²) in [6.07, 6.45) is 3.90. The number of benzene rings is 2. The van der Waals surface area contributed by atoms with E-state index in [-0.39, 0.29) is 12.2 Å². The average Bonchev–Trinajstić information content (AvgIpc) is 2.75. The lowest BCUT2D eigenvalue weighted by Gasteiger charge is -2.15. The van der Waals surface area contributed by atoms with Crippen LogP contribution in [0.5, 0.6) is 17.2 Å². The van der Waals surface area contributed by atoms with Crippen LogP contribution in [0.4, 0.5) is 4.79 Å². The van der Waals surface area contributed by atoms with E-state index in [4.69, 9.17) is 14.2 Å². The molecule has 31 heavy (non-hydrogen) atoms. The largest absolute Gasteiger partial charge is 0.493 e. The molecule has 2 aromatic rings. The van der Waals surface area contributed by atoms with Crippen molar-refractivity contribution >= 4 is 23.9 Å². The summed E-state index contributed by atoms with van der Waals surface area (Å²) in [5.41, 5.74) is 1.40. The van der Waals surface area contributed by atoms with Gasteiger partial charge < -0.3 is 14.2 Å². The Bertz CT molecular complexity index is 1020. The molecule has 1 heterocycles. The SMILES string of the molecule is C=CCc1ccccc1OCCOc1ccc(C=C2C(=O)NC(=O)NC2=O)cc1OC. The molecule has 4 amide bonds. The molecule has 1 aliphatic rings. The molecule has 1 aliphatic heterocycles. The molecule has 0 aliphatic carbocycles. The highest BCUT2D eigenvalue weighted by Crippen LogP contribution is 2.29. The quantitative estimate of drug-likeness (QED) is 0.279. The molecule has 1 saturated heterocycles. The summed E-state index contributed by atoms with van der Waals surface area (Å²) in [7, 11) is 1.49. The van der Waals surface area contributed by atoms with E-state index >= 15 is 0 Å². The Kier molecular flexibility index (Phi) is 7.05. The molecule has 0 radical (unpaired) electrons. The molecule has 2 aromatic carbocycles. The van der Waals surface area contributed by atoms with E-state index in [0.29, 0.717) is 30.1 Å². The van der Waals surface area contributed by atoms with Gasteiger partial charge in [-0.15, -0.1) is 6.58 Å². The van der Waals surface area contributed by atoms with Crippen LogP contribution in [-0.2, 0) is 16.0 Å². The number of barbiturate groups is 1. The Labute approximate surface area is 179 Å². The number of nitrogens with one attached hydrogen (secondary N) is 2. The van der Waals surface area contributed by atoms with Crippen molar-refractivity contribution in [3.05, 3.63) is 71.8 Å². The molecule has 8 nitrogen and oxygen atoms in total. The Hall–Kier alpha value is -4.07. The summed E-state index contributed by atoms with van der Waals surface area (Å²) in [5.74, 6) is 0.167. The zero-order chi connectivity index (χ0) is 22.2. The van der Waals surface area contributed by atoms with E-state index in [2.05, 4.69) is 6.58 Å². The minimum absolute atomic E-state index is 0.179. The van der Waals surface area contributed by atoms with Crippen molar-refractivity contribution in [2.75, 3.05) is 20.3 Å². The highest BCUT2D eigenvalue weighted by Gasteiger charge is 2.27. The first-order chi connectivity index (χ1) is 15.0. The first-order valence-corrected chi connectivity index (χ1v) is 9.52. The Balaban J connectivity index is 1.64. The predicted octanol–water partition coefficient (Wildman–Crippen LogP) is 2.63. The lowest BCUT2D eigenvalue weighted by atomic mass is 10.1.